The molecule has 2 atom stereocenters. The van der Waals surface area contributed by atoms with Crippen LogP contribution >= 0.6 is 0 Å². The number of methoxy groups -OCH3 is 1. The zero-order chi connectivity index (χ0) is 14.3. The van der Waals surface area contributed by atoms with Crippen molar-refractivity contribution in [2.75, 3.05) is 13.7 Å². The Hall–Kier alpha value is -1.90. The number of nitriles is 1. The Kier molecular flexibility index (Phi) is 6.00. The number of hydrogen-bond donors (Lipinski definition) is 2. The molecule has 0 saturated heterocycles. The Labute approximate surface area is 113 Å². The van der Waals surface area contributed by atoms with Crippen molar-refractivity contribution < 1.29 is 9.53 Å². The molecule has 0 aliphatic rings. The number of nitrogens with one attached hydrogen (secondary N) is 1. The molecule has 1 aromatic carbocycles. The first-order valence-electron chi connectivity index (χ1n) is 6.13. The van der Waals surface area contributed by atoms with E-state index in [2.05, 4.69) is 11.4 Å². The van der Waals surface area contributed by atoms with Crippen molar-refractivity contribution in [2.24, 2.45) is 5.73 Å². The minimum absolute atomic E-state index is 0.103. The van der Waals surface area contributed by atoms with Crippen LogP contribution in [-0.2, 0) is 9.53 Å². The van der Waals surface area contributed by atoms with Gasteiger partial charge in [-0.1, -0.05) is 12.1 Å². The van der Waals surface area contributed by atoms with Gasteiger partial charge in [0.1, 0.15) is 0 Å². The molecular formula is C14H19N3O2. The van der Waals surface area contributed by atoms with E-state index in [1.165, 1.54) is 7.11 Å². The van der Waals surface area contributed by atoms with E-state index < -0.39 is 0 Å². The van der Waals surface area contributed by atoms with Crippen molar-refractivity contribution >= 4 is 5.91 Å². The summed E-state index contributed by atoms with van der Waals surface area (Å²) < 4.78 is 5.07. The van der Waals surface area contributed by atoms with Crippen LogP contribution in [0, 0.1) is 11.3 Å². The number of nitrogens with two attached hydrogens (primary N) is 1. The number of ether oxygens (including phenoxy) is 1. The maximum Gasteiger partial charge on any atom is 0.223 e. The lowest BCUT2D eigenvalue weighted by molar-refractivity contribution is -0.124. The quantitative estimate of drug-likeness (QED) is 0.802. The summed E-state index contributed by atoms with van der Waals surface area (Å²) in [4.78, 5) is 11.8. The molecule has 1 amide bonds. The van der Waals surface area contributed by atoms with Crippen LogP contribution in [0.25, 0.3) is 0 Å². The molecule has 0 heterocycles. The number of nitrogens with zero attached hydrogens (tertiary/aromatic N) is 1. The number of carbonyl (C=O) groups excluding carboxylic acids is 1. The molecule has 1 rings (SSSR count). The van der Waals surface area contributed by atoms with Gasteiger partial charge in [-0.25, -0.2) is 0 Å². The molecule has 1 aromatic rings. The second-order valence-corrected chi connectivity index (χ2v) is 4.32. The predicted octanol–water partition coefficient (Wildman–Crippen LogP) is 1.10. The second-order valence-electron chi connectivity index (χ2n) is 4.32. The standard InChI is InChI=1S/C14H19N3O2/c1-10(12-5-3-11(8-15)4-6-12)17-14(18)7-13(9-16)19-2/h3-6,10,13H,7,9,16H2,1-2H3,(H,17,18). The third-order valence-electron chi connectivity index (χ3n) is 2.93. The number of hydrogen-bond acceptors (Lipinski definition) is 4. The summed E-state index contributed by atoms with van der Waals surface area (Å²) in [5, 5.41) is 11.6. The fraction of sp³-hybridized carbons (Fsp3) is 0.429. The van der Waals surface area contributed by atoms with E-state index in [0.29, 0.717) is 12.1 Å². The molecular weight excluding hydrogens is 242 g/mol. The average molecular weight is 261 g/mol. The summed E-state index contributed by atoms with van der Waals surface area (Å²) in [6.45, 7) is 2.21. The largest absolute Gasteiger partial charge is 0.380 e. The number of benzene rings is 1. The first-order valence-corrected chi connectivity index (χ1v) is 6.13. The van der Waals surface area contributed by atoms with E-state index in [4.69, 9.17) is 15.7 Å². The van der Waals surface area contributed by atoms with Gasteiger partial charge in [0.25, 0.3) is 0 Å². The number of rotatable bonds is 6. The smallest absolute Gasteiger partial charge is 0.223 e. The highest BCUT2D eigenvalue weighted by Crippen LogP contribution is 2.13. The van der Waals surface area contributed by atoms with Crippen LogP contribution in [0.3, 0.4) is 0 Å². The van der Waals surface area contributed by atoms with E-state index in [1.807, 2.05) is 19.1 Å². The van der Waals surface area contributed by atoms with Crippen molar-refractivity contribution in [3.63, 3.8) is 0 Å². The van der Waals surface area contributed by atoms with Gasteiger partial charge in [0.2, 0.25) is 5.91 Å². The zero-order valence-electron chi connectivity index (χ0n) is 11.2. The zero-order valence-corrected chi connectivity index (χ0v) is 11.2. The summed E-state index contributed by atoms with van der Waals surface area (Å²) in [6.07, 6.45) is -0.0127. The van der Waals surface area contributed by atoms with Gasteiger partial charge in [0.15, 0.2) is 0 Å². The molecule has 102 valence electrons. The van der Waals surface area contributed by atoms with Crippen molar-refractivity contribution in [1.29, 1.82) is 5.26 Å². The Morgan fingerprint density at radius 3 is 2.58 bits per heavy atom. The van der Waals surface area contributed by atoms with Crippen LogP contribution in [-0.4, -0.2) is 25.7 Å². The lowest BCUT2D eigenvalue weighted by Gasteiger charge is -2.17. The van der Waals surface area contributed by atoms with Gasteiger partial charge in [-0.15, -0.1) is 0 Å². The first-order chi connectivity index (χ1) is 9.10. The average Bonchev–Trinajstić information content (AvgIpc) is 2.44. The minimum Gasteiger partial charge on any atom is -0.380 e. The molecule has 0 fully saturated rings. The Bertz CT molecular complexity index is 447. The maximum absolute atomic E-state index is 11.8. The summed E-state index contributed by atoms with van der Waals surface area (Å²) in [7, 11) is 1.54. The van der Waals surface area contributed by atoms with Gasteiger partial charge in [-0.05, 0) is 24.6 Å². The van der Waals surface area contributed by atoms with E-state index in [0.717, 1.165) is 5.56 Å². The van der Waals surface area contributed by atoms with Crippen LogP contribution in [0.4, 0.5) is 0 Å². The van der Waals surface area contributed by atoms with Gasteiger partial charge in [0, 0.05) is 13.7 Å². The Morgan fingerprint density at radius 2 is 2.11 bits per heavy atom. The van der Waals surface area contributed by atoms with Crippen molar-refractivity contribution in [1.82, 2.24) is 5.32 Å². The summed E-state index contributed by atoms with van der Waals surface area (Å²) in [5.41, 5.74) is 7.02. The van der Waals surface area contributed by atoms with Crippen LogP contribution < -0.4 is 11.1 Å². The fourth-order valence-corrected chi connectivity index (χ4v) is 1.70. The molecule has 0 spiro atoms. The van der Waals surface area contributed by atoms with Gasteiger partial charge in [0.05, 0.1) is 30.2 Å². The highest BCUT2D eigenvalue weighted by atomic mass is 16.5. The molecule has 2 unspecified atom stereocenters. The van der Waals surface area contributed by atoms with Gasteiger partial charge >= 0.3 is 0 Å². The summed E-state index contributed by atoms with van der Waals surface area (Å²) in [6, 6.07) is 9.07. The molecule has 19 heavy (non-hydrogen) atoms. The maximum atomic E-state index is 11.8. The van der Waals surface area contributed by atoms with Gasteiger partial charge in [-0.2, -0.15) is 5.26 Å². The topological polar surface area (TPSA) is 88.1 Å². The predicted molar refractivity (Wildman–Crippen MR) is 72.2 cm³/mol. The second kappa shape index (κ2) is 7.52. The van der Waals surface area contributed by atoms with Crippen molar-refractivity contribution in [3.05, 3.63) is 35.4 Å². The molecule has 0 aromatic heterocycles. The molecule has 0 aliphatic heterocycles. The van der Waals surface area contributed by atoms with Crippen molar-refractivity contribution in [3.8, 4) is 6.07 Å². The minimum atomic E-state index is -0.256. The Balaban J connectivity index is 2.56. The molecule has 0 radical (unpaired) electrons. The number of amides is 1. The highest BCUT2D eigenvalue weighted by Gasteiger charge is 2.14. The van der Waals surface area contributed by atoms with E-state index in [9.17, 15) is 4.79 Å². The third-order valence-corrected chi connectivity index (χ3v) is 2.93. The molecule has 0 saturated carbocycles. The molecule has 5 heteroatoms. The Morgan fingerprint density at radius 1 is 1.47 bits per heavy atom. The lowest BCUT2D eigenvalue weighted by atomic mass is 10.1. The molecule has 5 nitrogen and oxygen atoms in total. The van der Waals surface area contributed by atoms with Crippen LogP contribution in [0.2, 0.25) is 0 Å². The van der Waals surface area contributed by atoms with E-state index in [1.54, 1.807) is 12.1 Å². The normalized spacial score (nSPS) is 13.4. The molecule has 3 N–H and O–H groups in total. The van der Waals surface area contributed by atoms with Gasteiger partial charge < -0.3 is 15.8 Å². The molecule has 0 aliphatic carbocycles. The third kappa shape index (κ3) is 4.70. The van der Waals surface area contributed by atoms with E-state index in [-0.39, 0.29) is 24.5 Å². The first kappa shape index (κ1) is 15.2. The SMILES string of the molecule is COC(CN)CC(=O)NC(C)c1ccc(C#N)cc1. The highest BCUT2D eigenvalue weighted by molar-refractivity contribution is 5.77. The molecule has 0 bridgehead atoms. The van der Waals surface area contributed by atoms with Crippen LogP contribution in [0.15, 0.2) is 24.3 Å². The monoisotopic (exact) mass is 261 g/mol. The van der Waals surface area contributed by atoms with Crippen molar-refractivity contribution in [2.45, 2.75) is 25.5 Å². The van der Waals surface area contributed by atoms with Gasteiger partial charge in [-0.3, -0.25) is 4.79 Å². The van der Waals surface area contributed by atoms with Crippen LogP contribution in [0.5, 0.6) is 0 Å². The lowest BCUT2D eigenvalue weighted by Crippen LogP contribution is -2.33. The van der Waals surface area contributed by atoms with E-state index >= 15 is 0 Å². The summed E-state index contributed by atoms with van der Waals surface area (Å²) in [5.74, 6) is -0.103. The summed E-state index contributed by atoms with van der Waals surface area (Å²) >= 11 is 0. The number of carbonyl (C=O) groups is 1. The van der Waals surface area contributed by atoms with Crippen LogP contribution in [0.1, 0.15) is 30.5 Å². The fourth-order valence-electron chi connectivity index (χ4n) is 1.70.